The maximum atomic E-state index is 11.8. The lowest BCUT2D eigenvalue weighted by atomic mass is 9.84. The number of hydrogen-bond acceptors (Lipinski definition) is 3. The molecule has 5 N–H and O–H groups in total. The maximum Gasteiger partial charge on any atom is 0.236 e. The largest absolute Gasteiger partial charge is 0.368 e. The smallest absolute Gasteiger partial charge is 0.236 e. The molecule has 0 spiro atoms. The fourth-order valence-electron chi connectivity index (χ4n) is 3.02. The molecular weight excluding hydrogens is 194 g/mol. The zero-order valence-corrected chi connectivity index (χ0v) is 8.61. The Hall–Kier alpha value is -1.10. The number of primary amides is 1. The molecular formula is C10H17N3O2. The highest BCUT2D eigenvalue weighted by atomic mass is 16.2. The molecule has 4 atom stereocenters. The van der Waals surface area contributed by atoms with Crippen LogP contribution in [0, 0.1) is 17.8 Å². The van der Waals surface area contributed by atoms with Crippen LogP contribution in [0.15, 0.2) is 0 Å². The molecule has 2 bridgehead atoms. The van der Waals surface area contributed by atoms with Crippen LogP contribution >= 0.6 is 0 Å². The molecule has 0 radical (unpaired) electrons. The molecule has 2 amide bonds. The van der Waals surface area contributed by atoms with Gasteiger partial charge in [0, 0.05) is 6.04 Å². The van der Waals surface area contributed by atoms with E-state index in [1.165, 1.54) is 0 Å². The Bertz CT molecular complexity index is 290. The molecule has 84 valence electrons. The lowest BCUT2D eigenvalue weighted by molar-refractivity contribution is -0.129. The van der Waals surface area contributed by atoms with E-state index in [1.807, 2.05) is 0 Å². The summed E-state index contributed by atoms with van der Waals surface area (Å²) in [5, 5.41) is 2.55. The first kappa shape index (κ1) is 10.4. The highest BCUT2D eigenvalue weighted by molar-refractivity contribution is 5.85. The first-order valence-electron chi connectivity index (χ1n) is 5.41. The molecule has 15 heavy (non-hydrogen) atoms. The van der Waals surface area contributed by atoms with Crippen molar-refractivity contribution in [2.75, 3.05) is 6.54 Å². The number of carbonyl (C=O) groups excluding carboxylic acids is 2. The van der Waals surface area contributed by atoms with Gasteiger partial charge in [0.2, 0.25) is 11.8 Å². The van der Waals surface area contributed by atoms with Crippen LogP contribution in [-0.4, -0.2) is 24.4 Å². The van der Waals surface area contributed by atoms with Gasteiger partial charge >= 0.3 is 0 Å². The summed E-state index contributed by atoms with van der Waals surface area (Å²) in [5.41, 5.74) is 11.0. The summed E-state index contributed by atoms with van der Waals surface area (Å²) in [7, 11) is 0. The van der Waals surface area contributed by atoms with E-state index < -0.39 is 5.91 Å². The maximum absolute atomic E-state index is 11.8. The second-order valence-corrected chi connectivity index (χ2v) is 4.62. The van der Waals surface area contributed by atoms with Gasteiger partial charge in [-0.05, 0) is 31.1 Å². The molecule has 0 aromatic carbocycles. The Morgan fingerprint density at radius 3 is 2.47 bits per heavy atom. The van der Waals surface area contributed by atoms with Gasteiger partial charge in [0.25, 0.3) is 0 Å². The van der Waals surface area contributed by atoms with Crippen LogP contribution in [0.1, 0.15) is 19.3 Å². The summed E-state index contributed by atoms with van der Waals surface area (Å²) in [6.45, 7) is -0.0839. The Morgan fingerprint density at radius 1 is 1.27 bits per heavy atom. The molecule has 0 heterocycles. The van der Waals surface area contributed by atoms with Crippen LogP contribution in [0.2, 0.25) is 0 Å². The molecule has 2 fully saturated rings. The summed E-state index contributed by atoms with van der Waals surface area (Å²) >= 11 is 0. The van der Waals surface area contributed by atoms with Crippen LogP contribution in [-0.2, 0) is 9.59 Å². The van der Waals surface area contributed by atoms with Crippen molar-refractivity contribution < 1.29 is 9.59 Å². The molecule has 2 rings (SSSR count). The first-order chi connectivity index (χ1) is 7.09. The van der Waals surface area contributed by atoms with Gasteiger partial charge < -0.3 is 16.8 Å². The van der Waals surface area contributed by atoms with Crippen molar-refractivity contribution in [2.24, 2.45) is 29.2 Å². The molecule has 0 aliphatic heterocycles. The minimum Gasteiger partial charge on any atom is -0.368 e. The van der Waals surface area contributed by atoms with Gasteiger partial charge in [-0.15, -0.1) is 0 Å². The predicted octanol–water partition coefficient (Wildman–Crippen LogP) is -1.04. The average molecular weight is 211 g/mol. The van der Waals surface area contributed by atoms with E-state index in [0.717, 1.165) is 19.3 Å². The second kappa shape index (κ2) is 3.81. The minimum absolute atomic E-state index is 0.0309. The number of fused-ring (bicyclic) bond motifs is 2. The third-order valence-corrected chi connectivity index (χ3v) is 3.72. The highest BCUT2D eigenvalue weighted by Crippen LogP contribution is 2.47. The summed E-state index contributed by atoms with van der Waals surface area (Å²) < 4.78 is 0. The van der Waals surface area contributed by atoms with Crippen molar-refractivity contribution >= 4 is 11.8 Å². The third-order valence-electron chi connectivity index (χ3n) is 3.72. The zero-order chi connectivity index (χ0) is 11.0. The molecule has 5 nitrogen and oxygen atoms in total. The lowest BCUT2D eigenvalue weighted by Crippen LogP contribution is -2.47. The third kappa shape index (κ3) is 1.84. The molecule has 2 aliphatic rings. The van der Waals surface area contributed by atoms with Gasteiger partial charge in [-0.3, -0.25) is 9.59 Å². The Kier molecular flexibility index (Phi) is 2.65. The van der Waals surface area contributed by atoms with Crippen LogP contribution in [0.5, 0.6) is 0 Å². The highest BCUT2D eigenvalue weighted by Gasteiger charge is 2.48. The van der Waals surface area contributed by atoms with Gasteiger partial charge in [0.05, 0.1) is 12.5 Å². The summed E-state index contributed by atoms with van der Waals surface area (Å²) in [6.07, 6.45) is 3.30. The fourth-order valence-corrected chi connectivity index (χ4v) is 3.02. The van der Waals surface area contributed by atoms with Crippen LogP contribution in [0.4, 0.5) is 0 Å². The van der Waals surface area contributed by atoms with E-state index >= 15 is 0 Å². The summed E-state index contributed by atoms with van der Waals surface area (Å²) in [4.78, 5) is 22.3. The van der Waals surface area contributed by atoms with E-state index in [-0.39, 0.29) is 24.4 Å². The van der Waals surface area contributed by atoms with Crippen molar-refractivity contribution in [1.29, 1.82) is 0 Å². The van der Waals surface area contributed by atoms with Crippen molar-refractivity contribution in [1.82, 2.24) is 5.32 Å². The van der Waals surface area contributed by atoms with Crippen molar-refractivity contribution in [3.8, 4) is 0 Å². The summed E-state index contributed by atoms with van der Waals surface area (Å²) in [5.74, 6) is 0.189. The van der Waals surface area contributed by atoms with E-state index in [1.54, 1.807) is 0 Å². The SMILES string of the molecule is NC(=O)CNC(=O)C1C2CCC(C2)C1N. The van der Waals surface area contributed by atoms with Crippen molar-refractivity contribution in [3.05, 3.63) is 0 Å². The van der Waals surface area contributed by atoms with Gasteiger partial charge in [-0.25, -0.2) is 0 Å². The van der Waals surface area contributed by atoms with Gasteiger partial charge in [0.1, 0.15) is 0 Å². The second-order valence-electron chi connectivity index (χ2n) is 4.62. The van der Waals surface area contributed by atoms with Crippen molar-refractivity contribution in [3.63, 3.8) is 0 Å². The molecule has 0 aromatic rings. The number of nitrogens with one attached hydrogen (secondary N) is 1. The Morgan fingerprint density at radius 2 is 1.93 bits per heavy atom. The lowest BCUT2D eigenvalue weighted by Gasteiger charge is -2.26. The monoisotopic (exact) mass is 211 g/mol. The topological polar surface area (TPSA) is 98.2 Å². The van der Waals surface area contributed by atoms with E-state index in [4.69, 9.17) is 11.5 Å². The van der Waals surface area contributed by atoms with Crippen LogP contribution < -0.4 is 16.8 Å². The minimum atomic E-state index is -0.514. The normalized spacial score (nSPS) is 37.9. The number of rotatable bonds is 3. The van der Waals surface area contributed by atoms with Gasteiger partial charge in [-0.2, -0.15) is 0 Å². The molecule has 5 heteroatoms. The van der Waals surface area contributed by atoms with E-state index in [9.17, 15) is 9.59 Å². The van der Waals surface area contributed by atoms with Crippen LogP contribution in [0.3, 0.4) is 0 Å². The Balaban J connectivity index is 1.93. The average Bonchev–Trinajstić information content (AvgIpc) is 2.74. The van der Waals surface area contributed by atoms with Gasteiger partial charge in [-0.1, -0.05) is 0 Å². The number of nitrogens with two attached hydrogens (primary N) is 2. The molecule has 2 aliphatic carbocycles. The molecule has 4 unspecified atom stereocenters. The summed E-state index contributed by atoms with van der Waals surface area (Å²) in [6, 6.07) is -0.0309. The van der Waals surface area contributed by atoms with Crippen LogP contribution in [0.25, 0.3) is 0 Å². The Labute approximate surface area is 88.6 Å². The standard InChI is InChI=1S/C10H17N3O2/c11-7(14)4-13-10(15)8-5-1-2-6(3-5)9(8)12/h5-6,8-9H,1-4,12H2,(H2,11,14)(H,13,15). The molecule has 0 aromatic heterocycles. The molecule has 2 saturated carbocycles. The van der Waals surface area contributed by atoms with E-state index in [0.29, 0.717) is 11.8 Å². The van der Waals surface area contributed by atoms with Gasteiger partial charge in [0.15, 0.2) is 0 Å². The predicted molar refractivity (Wildman–Crippen MR) is 54.5 cm³/mol. The van der Waals surface area contributed by atoms with E-state index in [2.05, 4.69) is 5.32 Å². The van der Waals surface area contributed by atoms with Crippen molar-refractivity contribution in [2.45, 2.75) is 25.3 Å². The quantitative estimate of drug-likeness (QED) is 0.556. The fraction of sp³-hybridized carbons (Fsp3) is 0.800. The number of hydrogen-bond donors (Lipinski definition) is 3. The molecule has 0 saturated heterocycles. The number of carbonyl (C=O) groups is 2. The first-order valence-corrected chi connectivity index (χ1v) is 5.41. The zero-order valence-electron chi connectivity index (χ0n) is 8.61. The number of amides is 2.